The van der Waals surface area contributed by atoms with Crippen molar-refractivity contribution in [3.05, 3.63) is 53.8 Å². The molecule has 28 heavy (non-hydrogen) atoms. The van der Waals surface area contributed by atoms with Crippen LogP contribution in [0.3, 0.4) is 0 Å². The molecule has 3 amide bonds. The molecule has 1 aliphatic rings. The number of fused-ring (bicyclic) bond motifs is 1. The van der Waals surface area contributed by atoms with Crippen LogP contribution in [-0.2, 0) is 14.4 Å². The highest BCUT2D eigenvalue weighted by Crippen LogP contribution is 2.33. The Hall–Kier alpha value is -3.22. The molecule has 3 rings (SSSR count). The molecule has 0 spiro atoms. The minimum absolute atomic E-state index is 0.0229. The molecule has 3 N–H and O–H groups in total. The van der Waals surface area contributed by atoms with Crippen LogP contribution in [0.2, 0.25) is 0 Å². The molecule has 0 bridgehead atoms. The average Bonchev–Trinajstić information content (AvgIpc) is 2.60. The van der Waals surface area contributed by atoms with Gasteiger partial charge in [0, 0.05) is 28.9 Å². The lowest BCUT2D eigenvalue weighted by Gasteiger charge is -2.25. The predicted octanol–water partition coefficient (Wildman–Crippen LogP) is 3.87. The van der Waals surface area contributed by atoms with Crippen molar-refractivity contribution >= 4 is 34.8 Å². The van der Waals surface area contributed by atoms with Crippen LogP contribution in [0, 0.1) is 11.2 Å². The third-order valence-corrected chi connectivity index (χ3v) is 4.44. The fourth-order valence-corrected chi connectivity index (χ4v) is 2.89. The number of anilines is 3. The molecule has 0 saturated heterocycles. The molecule has 0 radical (unpaired) electrons. The van der Waals surface area contributed by atoms with Gasteiger partial charge in [-0.15, -0.1) is 0 Å². The van der Waals surface area contributed by atoms with Crippen LogP contribution in [0.5, 0.6) is 0 Å². The molecule has 146 valence electrons. The van der Waals surface area contributed by atoms with Crippen molar-refractivity contribution in [1.29, 1.82) is 0 Å². The zero-order chi connectivity index (χ0) is 20.5. The Bertz CT molecular complexity index is 950. The van der Waals surface area contributed by atoms with Gasteiger partial charge in [0.1, 0.15) is 5.82 Å². The van der Waals surface area contributed by atoms with E-state index in [1.165, 1.54) is 18.2 Å². The second-order valence-electron chi connectivity index (χ2n) is 7.81. The van der Waals surface area contributed by atoms with Gasteiger partial charge in [-0.2, -0.15) is 0 Å². The lowest BCUT2D eigenvalue weighted by molar-refractivity contribution is -0.123. The van der Waals surface area contributed by atoms with E-state index in [-0.39, 0.29) is 24.1 Å². The molecular weight excluding hydrogens is 361 g/mol. The van der Waals surface area contributed by atoms with Gasteiger partial charge in [-0.05, 0) is 35.9 Å². The highest BCUT2D eigenvalue weighted by molar-refractivity contribution is 6.05. The maximum Gasteiger partial charge on any atom is 0.232 e. The van der Waals surface area contributed by atoms with Crippen molar-refractivity contribution in [2.45, 2.75) is 33.1 Å². The number of hydrogen-bond donors (Lipinski definition) is 3. The molecular formula is C21H22FN3O3. The molecule has 2 aromatic rings. The van der Waals surface area contributed by atoms with Gasteiger partial charge in [0.05, 0.1) is 5.92 Å². The fraction of sp³-hybridized carbons (Fsp3) is 0.286. The zero-order valence-electron chi connectivity index (χ0n) is 15.9. The molecule has 1 aliphatic heterocycles. The number of amides is 3. The Labute approximate surface area is 162 Å². The van der Waals surface area contributed by atoms with Crippen molar-refractivity contribution in [3.8, 4) is 0 Å². The Morgan fingerprint density at radius 2 is 1.75 bits per heavy atom. The molecule has 1 atom stereocenters. The number of hydrogen-bond acceptors (Lipinski definition) is 3. The van der Waals surface area contributed by atoms with E-state index in [0.717, 1.165) is 0 Å². The average molecular weight is 383 g/mol. The second kappa shape index (κ2) is 7.42. The quantitative estimate of drug-likeness (QED) is 0.752. The standard InChI is InChI=1S/C21H22FN3O3/c1-21(2,3)20(28)24-14-6-4-5-13(10-14)23-19(27)16-11-18(26)25-17-9-12(22)7-8-15(16)17/h4-10,16H,11H2,1-3H3,(H,23,27)(H,24,28)(H,25,26)/t16-/m1/s1. The lowest BCUT2D eigenvalue weighted by atomic mass is 9.89. The van der Waals surface area contributed by atoms with Crippen molar-refractivity contribution in [2.75, 3.05) is 16.0 Å². The van der Waals surface area contributed by atoms with E-state index in [1.54, 1.807) is 24.3 Å². The predicted molar refractivity (Wildman–Crippen MR) is 106 cm³/mol. The summed E-state index contributed by atoms with van der Waals surface area (Å²) in [5, 5.41) is 8.17. The summed E-state index contributed by atoms with van der Waals surface area (Å²) in [5.41, 5.74) is 1.37. The van der Waals surface area contributed by atoms with E-state index in [9.17, 15) is 18.8 Å². The summed E-state index contributed by atoms with van der Waals surface area (Å²) in [7, 11) is 0. The summed E-state index contributed by atoms with van der Waals surface area (Å²) >= 11 is 0. The van der Waals surface area contributed by atoms with Gasteiger partial charge in [-0.3, -0.25) is 14.4 Å². The van der Waals surface area contributed by atoms with Crippen LogP contribution >= 0.6 is 0 Å². The minimum atomic E-state index is -0.725. The summed E-state index contributed by atoms with van der Waals surface area (Å²) in [6.45, 7) is 5.42. The van der Waals surface area contributed by atoms with Gasteiger partial charge >= 0.3 is 0 Å². The smallest absolute Gasteiger partial charge is 0.232 e. The number of benzene rings is 2. The Kier molecular flexibility index (Phi) is 5.18. The fourth-order valence-electron chi connectivity index (χ4n) is 2.89. The van der Waals surface area contributed by atoms with Crippen LogP contribution < -0.4 is 16.0 Å². The topological polar surface area (TPSA) is 87.3 Å². The normalized spacial score (nSPS) is 16.0. The lowest BCUT2D eigenvalue weighted by Crippen LogP contribution is -2.31. The minimum Gasteiger partial charge on any atom is -0.326 e. The van der Waals surface area contributed by atoms with Gasteiger partial charge in [0.2, 0.25) is 17.7 Å². The van der Waals surface area contributed by atoms with Crippen molar-refractivity contribution < 1.29 is 18.8 Å². The molecule has 2 aromatic carbocycles. The van der Waals surface area contributed by atoms with Crippen LogP contribution in [-0.4, -0.2) is 17.7 Å². The maximum atomic E-state index is 13.4. The highest BCUT2D eigenvalue weighted by atomic mass is 19.1. The number of rotatable bonds is 3. The third-order valence-electron chi connectivity index (χ3n) is 4.44. The Morgan fingerprint density at radius 1 is 1.07 bits per heavy atom. The summed E-state index contributed by atoms with van der Waals surface area (Å²) in [4.78, 5) is 36.8. The molecule has 1 heterocycles. The SMILES string of the molecule is CC(C)(C)C(=O)Nc1cccc(NC(=O)[C@@H]2CC(=O)Nc3cc(F)ccc32)c1. The third kappa shape index (κ3) is 4.36. The molecule has 0 aromatic heterocycles. The van der Waals surface area contributed by atoms with Gasteiger partial charge in [0.25, 0.3) is 0 Å². The van der Waals surface area contributed by atoms with E-state index < -0.39 is 17.2 Å². The molecule has 0 fully saturated rings. The first-order valence-corrected chi connectivity index (χ1v) is 8.95. The Morgan fingerprint density at radius 3 is 2.43 bits per heavy atom. The van der Waals surface area contributed by atoms with Crippen LogP contribution in [0.4, 0.5) is 21.5 Å². The van der Waals surface area contributed by atoms with Gasteiger partial charge < -0.3 is 16.0 Å². The van der Waals surface area contributed by atoms with E-state index in [1.807, 2.05) is 20.8 Å². The van der Waals surface area contributed by atoms with Crippen LogP contribution in [0.15, 0.2) is 42.5 Å². The second-order valence-corrected chi connectivity index (χ2v) is 7.81. The zero-order valence-corrected chi connectivity index (χ0v) is 15.9. The van der Waals surface area contributed by atoms with Gasteiger partial charge in [-0.1, -0.05) is 32.9 Å². The molecule has 0 saturated carbocycles. The van der Waals surface area contributed by atoms with Gasteiger partial charge in [-0.25, -0.2) is 4.39 Å². The number of carbonyl (C=O) groups excluding carboxylic acids is 3. The molecule has 7 heteroatoms. The first-order chi connectivity index (χ1) is 13.1. The summed E-state index contributed by atoms with van der Waals surface area (Å²) < 4.78 is 13.4. The summed E-state index contributed by atoms with van der Waals surface area (Å²) in [6.07, 6.45) is -0.0229. The number of nitrogens with one attached hydrogen (secondary N) is 3. The molecule has 0 aliphatic carbocycles. The van der Waals surface area contributed by atoms with Crippen molar-refractivity contribution in [3.63, 3.8) is 0 Å². The summed E-state index contributed by atoms with van der Waals surface area (Å²) in [5.74, 6) is -2.07. The first kappa shape index (κ1) is 19.5. The van der Waals surface area contributed by atoms with Crippen LogP contribution in [0.1, 0.15) is 38.7 Å². The van der Waals surface area contributed by atoms with E-state index in [2.05, 4.69) is 16.0 Å². The highest BCUT2D eigenvalue weighted by Gasteiger charge is 2.31. The monoisotopic (exact) mass is 383 g/mol. The molecule has 6 nitrogen and oxygen atoms in total. The Balaban J connectivity index is 1.78. The van der Waals surface area contributed by atoms with E-state index in [0.29, 0.717) is 22.6 Å². The van der Waals surface area contributed by atoms with E-state index >= 15 is 0 Å². The van der Waals surface area contributed by atoms with Crippen molar-refractivity contribution in [2.24, 2.45) is 5.41 Å². The van der Waals surface area contributed by atoms with Gasteiger partial charge in [0.15, 0.2) is 0 Å². The largest absolute Gasteiger partial charge is 0.326 e. The number of carbonyl (C=O) groups is 3. The molecule has 0 unspecified atom stereocenters. The van der Waals surface area contributed by atoms with E-state index in [4.69, 9.17) is 0 Å². The summed E-state index contributed by atoms with van der Waals surface area (Å²) in [6, 6.07) is 10.8. The van der Waals surface area contributed by atoms with Crippen molar-refractivity contribution in [1.82, 2.24) is 0 Å². The van der Waals surface area contributed by atoms with Crippen LogP contribution in [0.25, 0.3) is 0 Å². The number of halogens is 1. The maximum absolute atomic E-state index is 13.4. The first-order valence-electron chi connectivity index (χ1n) is 8.95.